The van der Waals surface area contributed by atoms with Crippen LogP contribution >= 0.6 is 12.8 Å². The maximum atomic E-state index is 5.98. The van der Waals surface area contributed by atoms with Crippen LogP contribution in [0.1, 0.15) is 36.8 Å². The Morgan fingerprint density at radius 1 is 1.27 bits per heavy atom. The monoisotopic (exact) mass is 378 g/mol. The molecule has 0 amide bonds. The van der Waals surface area contributed by atoms with Crippen LogP contribution in [0.25, 0.3) is 0 Å². The Kier molecular flexibility index (Phi) is 6.87. The van der Waals surface area contributed by atoms with Crippen molar-refractivity contribution in [1.29, 1.82) is 0 Å². The summed E-state index contributed by atoms with van der Waals surface area (Å²) in [6, 6.07) is 6.45. The molecule has 0 spiro atoms. The highest BCUT2D eigenvalue weighted by Crippen LogP contribution is 2.25. The summed E-state index contributed by atoms with van der Waals surface area (Å²) in [7, 11) is 0. The summed E-state index contributed by atoms with van der Waals surface area (Å²) in [5.74, 6) is 13.1. The van der Waals surface area contributed by atoms with Crippen molar-refractivity contribution in [2.75, 3.05) is 26.2 Å². The summed E-state index contributed by atoms with van der Waals surface area (Å²) >= 11 is 4.44. The predicted octanol–water partition coefficient (Wildman–Crippen LogP) is 1.45. The van der Waals surface area contributed by atoms with Crippen molar-refractivity contribution in [2.45, 2.75) is 38.6 Å². The second-order valence-corrected chi connectivity index (χ2v) is 7.65. The number of hydrazone groups is 1. The molecule has 0 aliphatic carbocycles. The van der Waals surface area contributed by atoms with Crippen molar-refractivity contribution in [1.82, 2.24) is 14.6 Å². The molecule has 1 aromatic rings. The number of likely N-dealkylation sites (tertiary alicyclic amines) is 1. The Hall–Kier alpha value is -1.64. The van der Waals surface area contributed by atoms with Gasteiger partial charge in [0, 0.05) is 26.2 Å². The molecule has 2 heterocycles. The van der Waals surface area contributed by atoms with Crippen LogP contribution < -0.4 is 21.8 Å². The third-order valence-electron chi connectivity index (χ3n) is 5.36. The van der Waals surface area contributed by atoms with Crippen molar-refractivity contribution < 1.29 is 4.74 Å². The van der Waals surface area contributed by atoms with E-state index in [4.69, 9.17) is 16.4 Å². The van der Waals surface area contributed by atoms with E-state index < -0.39 is 0 Å². The van der Waals surface area contributed by atoms with Crippen molar-refractivity contribution in [3.63, 3.8) is 0 Å². The number of thiol groups is 1. The number of benzene rings is 1. The fourth-order valence-corrected chi connectivity index (χ4v) is 4.06. The van der Waals surface area contributed by atoms with E-state index in [1.54, 1.807) is 0 Å². The molecular weight excluding hydrogens is 348 g/mol. The number of nitrogens with zero attached hydrogens (tertiary/aromatic N) is 3. The van der Waals surface area contributed by atoms with E-state index in [1.807, 2.05) is 0 Å². The number of guanidine groups is 1. The van der Waals surface area contributed by atoms with E-state index in [1.165, 1.54) is 17.5 Å². The fraction of sp³-hybridized carbons (Fsp3) is 0.611. The molecule has 5 N–H and O–H groups in total. The van der Waals surface area contributed by atoms with Crippen molar-refractivity contribution in [3.05, 3.63) is 29.3 Å². The Labute approximate surface area is 161 Å². The standard InChI is InChI=1S/C18H30N6OS/c19-21-18(22-20)23-8-5-14(6-9-23)2-1-11-25-17-4-3-16-13-24(26)10-7-15(16)12-17/h3-4,12,14,26H,1-2,5-11,13,19-20H2,(H,21,22). The van der Waals surface area contributed by atoms with Crippen LogP contribution in [0.4, 0.5) is 0 Å². The van der Waals surface area contributed by atoms with Crippen LogP contribution in [0.5, 0.6) is 5.75 Å². The van der Waals surface area contributed by atoms with Gasteiger partial charge >= 0.3 is 0 Å². The molecular formula is C18H30N6OS. The van der Waals surface area contributed by atoms with Crippen molar-refractivity contribution in [2.24, 2.45) is 22.7 Å². The lowest BCUT2D eigenvalue weighted by atomic mass is 9.92. The van der Waals surface area contributed by atoms with Gasteiger partial charge in [0.15, 0.2) is 0 Å². The number of hydrogen-bond donors (Lipinski definition) is 4. The number of rotatable bonds is 5. The van der Waals surface area contributed by atoms with Gasteiger partial charge in [0.1, 0.15) is 5.75 Å². The molecule has 1 aromatic carbocycles. The lowest BCUT2D eigenvalue weighted by Gasteiger charge is -2.33. The third-order valence-corrected chi connectivity index (χ3v) is 5.70. The van der Waals surface area contributed by atoms with Gasteiger partial charge in [-0.1, -0.05) is 18.9 Å². The second-order valence-electron chi connectivity index (χ2n) is 7.09. The van der Waals surface area contributed by atoms with Crippen LogP contribution in [-0.2, 0) is 13.0 Å². The van der Waals surface area contributed by atoms with Crippen LogP contribution in [0, 0.1) is 5.92 Å². The van der Waals surface area contributed by atoms with Crippen molar-refractivity contribution in [3.8, 4) is 5.75 Å². The first kappa shape index (κ1) is 19.1. The van der Waals surface area contributed by atoms with E-state index >= 15 is 0 Å². The number of nitrogens with two attached hydrogens (primary N) is 2. The lowest BCUT2D eigenvalue weighted by molar-refractivity contribution is 0.229. The number of piperidine rings is 1. The number of ether oxygens (including phenoxy) is 1. The van der Waals surface area contributed by atoms with Gasteiger partial charge in [-0.2, -0.15) is 0 Å². The molecule has 1 saturated heterocycles. The van der Waals surface area contributed by atoms with Crippen molar-refractivity contribution >= 4 is 18.8 Å². The molecule has 0 unspecified atom stereocenters. The summed E-state index contributed by atoms with van der Waals surface area (Å²) in [5, 5.41) is 3.68. The van der Waals surface area contributed by atoms with Gasteiger partial charge in [0.2, 0.25) is 5.96 Å². The zero-order chi connectivity index (χ0) is 18.4. The van der Waals surface area contributed by atoms with E-state index in [9.17, 15) is 0 Å². The summed E-state index contributed by atoms with van der Waals surface area (Å²) < 4.78 is 8.03. The maximum Gasteiger partial charge on any atom is 0.230 e. The first-order valence-corrected chi connectivity index (χ1v) is 9.77. The van der Waals surface area contributed by atoms with Gasteiger partial charge in [-0.3, -0.25) is 5.43 Å². The van der Waals surface area contributed by atoms with E-state index in [0.717, 1.165) is 70.1 Å². The van der Waals surface area contributed by atoms with E-state index in [0.29, 0.717) is 5.96 Å². The summed E-state index contributed by atoms with van der Waals surface area (Å²) in [6.45, 7) is 4.57. The molecule has 0 saturated carbocycles. The van der Waals surface area contributed by atoms with Gasteiger partial charge in [-0.05, 0) is 61.3 Å². The highest BCUT2D eigenvalue weighted by atomic mass is 32.1. The quantitative estimate of drug-likeness (QED) is 0.155. The summed E-state index contributed by atoms with van der Waals surface area (Å²) in [6.07, 6.45) is 5.59. The van der Waals surface area contributed by atoms with Crippen LogP contribution in [0.3, 0.4) is 0 Å². The first-order valence-electron chi connectivity index (χ1n) is 9.37. The molecule has 2 aliphatic rings. The minimum Gasteiger partial charge on any atom is -0.494 e. The van der Waals surface area contributed by atoms with E-state index in [-0.39, 0.29) is 0 Å². The predicted molar refractivity (Wildman–Crippen MR) is 108 cm³/mol. The fourth-order valence-electron chi connectivity index (χ4n) is 3.81. The zero-order valence-corrected chi connectivity index (χ0v) is 16.1. The van der Waals surface area contributed by atoms with Gasteiger partial charge in [-0.25, -0.2) is 10.1 Å². The smallest absolute Gasteiger partial charge is 0.230 e. The first-order chi connectivity index (χ1) is 12.7. The Morgan fingerprint density at radius 3 is 2.81 bits per heavy atom. The van der Waals surface area contributed by atoms with Crippen LogP contribution in [-0.4, -0.2) is 41.4 Å². The molecule has 26 heavy (non-hydrogen) atoms. The maximum absolute atomic E-state index is 5.98. The SMILES string of the molecule is N/N=C(\NN)N1CCC(CCCOc2ccc3c(c2)CCN(S)C3)CC1. The number of hydrazine groups is 1. The van der Waals surface area contributed by atoms with E-state index in [2.05, 4.69) is 50.7 Å². The van der Waals surface area contributed by atoms with Gasteiger partial charge in [0.25, 0.3) is 0 Å². The van der Waals surface area contributed by atoms with Gasteiger partial charge in [-0.15, -0.1) is 5.10 Å². The Bertz CT molecular complexity index is 618. The molecule has 0 radical (unpaired) electrons. The summed E-state index contributed by atoms with van der Waals surface area (Å²) in [5.41, 5.74) is 5.31. The Balaban J connectivity index is 1.36. The minimum atomic E-state index is 0.570. The second kappa shape index (κ2) is 9.34. The number of hydrogen-bond acceptors (Lipinski definition) is 6. The molecule has 0 atom stereocenters. The number of nitrogens with one attached hydrogen (secondary N) is 1. The largest absolute Gasteiger partial charge is 0.494 e. The van der Waals surface area contributed by atoms with Gasteiger partial charge in [0.05, 0.1) is 6.61 Å². The zero-order valence-electron chi connectivity index (χ0n) is 15.2. The number of fused-ring (bicyclic) bond motifs is 1. The highest BCUT2D eigenvalue weighted by molar-refractivity contribution is 7.77. The average molecular weight is 379 g/mol. The molecule has 144 valence electrons. The molecule has 0 bridgehead atoms. The molecule has 2 aliphatic heterocycles. The highest BCUT2D eigenvalue weighted by Gasteiger charge is 2.21. The normalized spacial score (nSPS) is 19.3. The Morgan fingerprint density at radius 2 is 2.08 bits per heavy atom. The van der Waals surface area contributed by atoms with Crippen LogP contribution in [0.15, 0.2) is 23.3 Å². The topological polar surface area (TPSA) is 92.1 Å². The molecule has 8 heteroatoms. The van der Waals surface area contributed by atoms with Gasteiger partial charge < -0.3 is 15.5 Å². The molecule has 7 nitrogen and oxygen atoms in total. The minimum absolute atomic E-state index is 0.570. The van der Waals surface area contributed by atoms with Crippen LogP contribution in [0.2, 0.25) is 0 Å². The summed E-state index contributed by atoms with van der Waals surface area (Å²) in [4.78, 5) is 2.10. The average Bonchev–Trinajstić information content (AvgIpc) is 2.67. The third kappa shape index (κ3) is 4.96. The lowest BCUT2D eigenvalue weighted by Crippen LogP contribution is -2.48. The molecule has 0 aromatic heterocycles. The molecule has 3 rings (SSSR count). The molecule has 1 fully saturated rings.